The standard InChI is InChI=1S/C25H25NO8/c1-31-21(28)13-18(15-3-5-16(6-4-15)25(30)32-2)22-19(27)8-7-17-23(29)20(34-24(17)22)14-26-9-11-33-12-10-26/h3-8,14,18,27H,9-13H2,1-2H3/b20-14-. The number of esters is 2. The summed E-state index contributed by atoms with van der Waals surface area (Å²) in [4.78, 5) is 39.1. The van der Waals surface area contributed by atoms with Crippen LogP contribution in [-0.4, -0.2) is 68.3 Å². The second-order valence-electron chi connectivity index (χ2n) is 7.89. The first kappa shape index (κ1) is 23.3. The van der Waals surface area contributed by atoms with Gasteiger partial charge in [0.15, 0.2) is 5.76 Å². The Labute approximate surface area is 196 Å². The molecule has 178 valence electrons. The lowest BCUT2D eigenvalue weighted by Gasteiger charge is -2.25. The number of phenolic OH excluding ortho intramolecular Hbond substituents is 1. The molecule has 1 saturated heterocycles. The van der Waals surface area contributed by atoms with Gasteiger partial charge in [-0.2, -0.15) is 0 Å². The first-order valence-electron chi connectivity index (χ1n) is 10.8. The first-order chi connectivity index (χ1) is 16.4. The van der Waals surface area contributed by atoms with Crippen molar-refractivity contribution in [3.63, 3.8) is 0 Å². The van der Waals surface area contributed by atoms with Crippen LogP contribution in [0.2, 0.25) is 0 Å². The summed E-state index contributed by atoms with van der Waals surface area (Å²) in [6.45, 7) is 2.37. The number of carbonyl (C=O) groups excluding carboxylic acids is 3. The van der Waals surface area contributed by atoms with Crippen molar-refractivity contribution < 1.29 is 38.4 Å². The summed E-state index contributed by atoms with van der Waals surface area (Å²) >= 11 is 0. The highest BCUT2D eigenvalue weighted by molar-refractivity contribution is 6.12. The van der Waals surface area contributed by atoms with E-state index in [2.05, 4.69) is 0 Å². The Morgan fingerprint density at radius 2 is 1.79 bits per heavy atom. The minimum atomic E-state index is -0.690. The van der Waals surface area contributed by atoms with E-state index in [1.54, 1.807) is 30.5 Å². The molecule has 0 aromatic heterocycles. The van der Waals surface area contributed by atoms with Crippen molar-refractivity contribution in [2.24, 2.45) is 0 Å². The third-order valence-electron chi connectivity index (χ3n) is 5.88. The van der Waals surface area contributed by atoms with Crippen molar-refractivity contribution in [1.82, 2.24) is 4.90 Å². The maximum atomic E-state index is 13.0. The van der Waals surface area contributed by atoms with E-state index < -0.39 is 17.9 Å². The van der Waals surface area contributed by atoms with Crippen LogP contribution in [0.15, 0.2) is 48.4 Å². The summed E-state index contributed by atoms with van der Waals surface area (Å²) in [5.41, 5.74) is 1.57. The summed E-state index contributed by atoms with van der Waals surface area (Å²) in [7, 11) is 2.57. The van der Waals surface area contributed by atoms with Gasteiger partial charge in [-0.05, 0) is 29.8 Å². The number of phenols is 1. The molecule has 0 saturated carbocycles. The smallest absolute Gasteiger partial charge is 0.337 e. The topological polar surface area (TPSA) is 112 Å². The second-order valence-corrected chi connectivity index (χ2v) is 7.89. The largest absolute Gasteiger partial charge is 0.508 e. The third-order valence-corrected chi connectivity index (χ3v) is 5.88. The molecule has 0 amide bonds. The normalized spacial score (nSPS) is 17.2. The van der Waals surface area contributed by atoms with E-state index in [4.69, 9.17) is 18.9 Å². The van der Waals surface area contributed by atoms with E-state index in [1.165, 1.54) is 26.4 Å². The molecule has 0 radical (unpaired) electrons. The molecule has 1 unspecified atom stereocenters. The zero-order chi connectivity index (χ0) is 24.2. The molecule has 9 nitrogen and oxygen atoms in total. The van der Waals surface area contributed by atoms with Crippen LogP contribution in [0.4, 0.5) is 0 Å². The van der Waals surface area contributed by atoms with Crippen LogP contribution in [0.5, 0.6) is 11.5 Å². The van der Waals surface area contributed by atoms with Gasteiger partial charge >= 0.3 is 11.9 Å². The molecule has 9 heteroatoms. The van der Waals surface area contributed by atoms with E-state index in [1.807, 2.05) is 4.90 Å². The zero-order valence-corrected chi connectivity index (χ0v) is 18.9. The van der Waals surface area contributed by atoms with Gasteiger partial charge in [-0.1, -0.05) is 12.1 Å². The fourth-order valence-corrected chi connectivity index (χ4v) is 4.07. The van der Waals surface area contributed by atoms with Gasteiger partial charge < -0.3 is 29.0 Å². The van der Waals surface area contributed by atoms with Crippen molar-refractivity contribution in [3.05, 3.63) is 70.6 Å². The Morgan fingerprint density at radius 1 is 1.09 bits per heavy atom. The predicted octanol–water partition coefficient (Wildman–Crippen LogP) is 2.62. The Bertz CT molecular complexity index is 1130. The molecule has 0 spiro atoms. The molecule has 2 aliphatic heterocycles. The van der Waals surface area contributed by atoms with Crippen LogP contribution >= 0.6 is 0 Å². The average Bonchev–Trinajstić information content (AvgIpc) is 3.17. The average molecular weight is 467 g/mol. The number of aromatic hydroxyl groups is 1. The van der Waals surface area contributed by atoms with Crippen molar-refractivity contribution in [2.75, 3.05) is 40.5 Å². The molecule has 2 heterocycles. The SMILES string of the molecule is COC(=O)CC(c1ccc(C(=O)OC)cc1)c1c(O)ccc2c1O/C(=C\N1CCOCC1)C2=O. The Balaban J connectivity index is 1.75. The minimum Gasteiger partial charge on any atom is -0.508 e. The molecular weight excluding hydrogens is 442 g/mol. The number of hydrogen-bond donors (Lipinski definition) is 1. The molecular formula is C25H25NO8. The van der Waals surface area contributed by atoms with Crippen LogP contribution in [-0.2, 0) is 19.0 Å². The maximum absolute atomic E-state index is 13.0. The van der Waals surface area contributed by atoms with Gasteiger partial charge in [-0.15, -0.1) is 0 Å². The molecule has 0 aliphatic carbocycles. The number of methoxy groups -OCH3 is 2. The number of Topliss-reactive ketones (excluding diaryl/α,β-unsaturated/α-hetero) is 1. The number of morpholine rings is 1. The fourth-order valence-electron chi connectivity index (χ4n) is 4.07. The molecule has 2 aromatic carbocycles. The van der Waals surface area contributed by atoms with Crippen molar-refractivity contribution in [1.29, 1.82) is 0 Å². The maximum Gasteiger partial charge on any atom is 0.337 e. The first-order valence-corrected chi connectivity index (χ1v) is 10.8. The quantitative estimate of drug-likeness (QED) is 0.506. The van der Waals surface area contributed by atoms with Crippen LogP contribution < -0.4 is 4.74 Å². The van der Waals surface area contributed by atoms with E-state index in [9.17, 15) is 19.5 Å². The van der Waals surface area contributed by atoms with Crippen molar-refractivity contribution in [2.45, 2.75) is 12.3 Å². The van der Waals surface area contributed by atoms with Crippen LogP contribution in [0, 0.1) is 0 Å². The van der Waals surface area contributed by atoms with Crippen molar-refractivity contribution in [3.8, 4) is 11.5 Å². The molecule has 2 aromatic rings. The number of allylic oxidation sites excluding steroid dienone is 1. The molecule has 1 fully saturated rings. The van der Waals surface area contributed by atoms with E-state index >= 15 is 0 Å². The molecule has 4 rings (SSSR count). The number of carbonyl (C=O) groups is 3. The molecule has 34 heavy (non-hydrogen) atoms. The molecule has 1 atom stereocenters. The highest BCUT2D eigenvalue weighted by Crippen LogP contribution is 2.46. The van der Waals surface area contributed by atoms with Gasteiger partial charge in [-0.3, -0.25) is 9.59 Å². The number of ketones is 1. The number of hydrogen-bond acceptors (Lipinski definition) is 9. The van der Waals surface area contributed by atoms with Gasteiger partial charge in [0.2, 0.25) is 5.78 Å². The van der Waals surface area contributed by atoms with Gasteiger partial charge in [0.05, 0.1) is 45.0 Å². The van der Waals surface area contributed by atoms with E-state index in [-0.39, 0.29) is 29.5 Å². The van der Waals surface area contributed by atoms with E-state index in [0.717, 1.165) is 0 Å². The van der Waals surface area contributed by atoms with Gasteiger partial charge in [0, 0.05) is 30.8 Å². The summed E-state index contributed by atoms with van der Waals surface area (Å²) in [6.07, 6.45) is 1.55. The zero-order valence-electron chi connectivity index (χ0n) is 18.9. The summed E-state index contributed by atoms with van der Waals surface area (Å²) < 4.78 is 20.9. The van der Waals surface area contributed by atoms with Crippen LogP contribution in [0.1, 0.15) is 44.2 Å². The molecule has 2 aliphatic rings. The number of ether oxygens (including phenoxy) is 4. The number of nitrogens with zero attached hydrogens (tertiary/aromatic N) is 1. The van der Waals surface area contributed by atoms with Gasteiger partial charge in [0.1, 0.15) is 11.5 Å². The number of benzene rings is 2. The van der Waals surface area contributed by atoms with Gasteiger partial charge in [0.25, 0.3) is 0 Å². The highest BCUT2D eigenvalue weighted by Gasteiger charge is 2.35. The Hall–Kier alpha value is -3.85. The Morgan fingerprint density at radius 3 is 2.44 bits per heavy atom. The number of fused-ring (bicyclic) bond motifs is 1. The van der Waals surface area contributed by atoms with Gasteiger partial charge in [-0.25, -0.2) is 4.79 Å². The summed E-state index contributed by atoms with van der Waals surface area (Å²) in [5, 5.41) is 10.8. The minimum absolute atomic E-state index is 0.113. The molecule has 0 bridgehead atoms. The lowest BCUT2D eigenvalue weighted by Crippen LogP contribution is -2.32. The van der Waals surface area contributed by atoms with E-state index in [0.29, 0.717) is 48.6 Å². The monoisotopic (exact) mass is 467 g/mol. The summed E-state index contributed by atoms with van der Waals surface area (Å²) in [5.74, 6) is -1.77. The van der Waals surface area contributed by atoms with Crippen LogP contribution in [0.3, 0.4) is 0 Å². The number of rotatable bonds is 6. The third kappa shape index (κ3) is 4.60. The van der Waals surface area contributed by atoms with Crippen molar-refractivity contribution >= 4 is 17.7 Å². The highest BCUT2D eigenvalue weighted by atomic mass is 16.5. The lowest BCUT2D eigenvalue weighted by atomic mass is 9.85. The van der Waals surface area contributed by atoms with Crippen LogP contribution in [0.25, 0.3) is 0 Å². The Kier molecular flexibility index (Phi) is 6.83. The second kappa shape index (κ2) is 9.96. The molecule has 1 N–H and O–H groups in total. The predicted molar refractivity (Wildman–Crippen MR) is 120 cm³/mol. The fraction of sp³-hybridized carbons (Fsp3) is 0.320. The lowest BCUT2D eigenvalue weighted by molar-refractivity contribution is -0.140. The summed E-state index contributed by atoms with van der Waals surface area (Å²) in [6, 6.07) is 9.40.